The first-order valence-corrected chi connectivity index (χ1v) is 8.28. The summed E-state index contributed by atoms with van der Waals surface area (Å²) in [4.78, 5) is 1.18. The zero-order valence-electron chi connectivity index (χ0n) is 12.0. The van der Waals surface area contributed by atoms with Gasteiger partial charge >= 0.3 is 0 Å². The minimum atomic E-state index is -0.115. The molecule has 108 valence electrons. The van der Waals surface area contributed by atoms with Gasteiger partial charge in [0.25, 0.3) is 0 Å². The van der Waals surface area contributed by atoms with Crippen molar-refractivity contribution >= 4 is 33.0 Å². The zero-order valence-corrected chi connectivity index (χ0v) is 13.6. The zero-order chi connectivity index (χ0) is 14.8. The van der Waals surface area contributed by atoms with E-state index < -0.39 is 0 Å². The molecular weight excluding hydrogens is 300 g/mol. The standard InChI is InChI=1S/C18H17ClOS/c1-12(2)20-15-9-7-13(8-10-15)18(19)17-11-14-5-3-4-6-16(14)21-17/h3-12,18H,1-2H3. The van der Waals surface area contributed by atoms with E-state index in [1.54, 1.807) is 11.3 Å². The lowest BCUT2D eigenvalue weighted by Crippen LogP contribution is -2.05. The normalized spacial score (nSPS) is 12.8. The van der Waals surface area contributed by atoms with Gasteiger partial charge in [-0.3, -0.25) is 0 Å². The average molecular weight is 317 g/mol. The van der Waals surface area contributed by atoms with Gasteiger partial charge in [0, 0.05) is 9.58 Å². The van der Waals surface area contributed by atoms with Crippen molar-refractivity contribution in [2.75, 3.05) is 0 Å². The summed E-state index contributed by atoms with van der Waals surface area (Å²) in [5.74, 6) is 0.883. The molecule has 0 aliphatic carbocycles. The minimum absolute atomic E-state index is 0.115. The van der Waals surface area contributed by atoms with Crippen LogP contribution >= 0.6 is 22.9 Å². The Morgan fingerprint density at radius 3 is 2.38 bits per heavy atom. The van der Waals surface area contributed by atoms with E-state index >= 15 is 0 Å². The second-order valence-corrected chi connectivity index (χ2v) is 6.84. The molecule has 0 aliphatic heterocycles. The summed E-state index contributed by atoms with van der Waals surface area (Å²) in [6.07, 6.45) is 0.185. The van der Waals surface area contributed by atoms with Crippen molar-refractivity contribution in [3.8, 4) is 5.75 Å². The summed E-state index contributed by atoms with van der Waals surface area (Å²) < 4.78 is 6.94. The van der Waals surface area contributed by atoms with Crippen LogP contribution in [-0.4, -0.2) is 6.10 Å². The van der Waals surface area contributed by atoms with Crippen LogP contribution in [0.3, 0.4) is 0 Å². The minimum Gasteiger partial charge on any atom is -0.491 e. The number of thiophene rings is 1. The van der Waals surface area contributed by atoms with Gasteiger partial charge in [0.05, 0.1) is 11.5 Å². The van der Waals surface area contributed by atoms with Crippen molar-refractivity contribution in [1.29, 1.82) is 0 Å². The Labute approximate surface area is 134 Å². The van der Waals surface area contributed by atoms with Gasteiger partial charge in [0.15, 0.2) is 0 Å². The first-order valence-electron chi connectivity index (χ1n) is 7.02. The second kappa shape index (κ2) is 6.08. The SMILES string of the molecule is CC(C)Oc1ccc(C(Cl)c2cc3ccccc3s2)cc1. The van der Waals surface area contributed by atoms with Gasteiger partial charge in [-0.25, -0.2) is 0 Å². The van der Waals surface area contributed by atoms with E-state index in [9.17, 15) is 0 Å². The van der Waals surface area contributed by atoms with Crippen molar-refractivity contribution in [3.63, 3.8) is 0 Å². The van der Waals surface area contributed by atoms with Crippen LogP contribution in [0.4, 0.5) is 0 Å². The topological polar surface area (TPSA) is 9.23 Å². The van der Waals surface area contributed by atoms with Gasteiger partial charge in [0.1, 0.15) is 5.75 Å². The van der Waals surface area contributed by atoms with Crippen molar-refractivity contribution in [2.24, 2.45) is 0 Å². The van der Waals surface area contributed by atoms with E-state index in [1.807, 2.05) is 38.1 Å². The predicted octanol–water partition coefficient (Wildman–Crippen LogP) is 6.02. The van der Waals surface area contributed by atoms with Crippen molar-refractivity contribution in [1.82, 2.24) is 0 Å². The molecule has 0 N–H and O–H groups in total. The Morgan fingerprint density at radius 2 is 1.71 bits per heavy atom. The predicted molar refractivity (Wildman–Crippen MR) is 91.7 cm³/mol. The van der Waals surface area contributed by atoms with E-state index in [-0.39, 0.29) is 11.5 Å². The Balaban J connectivity index is 1.85. The highest BCUT2D eigenvalue weighted by Crippen LogP contribution is 2.37. The van der Waals surface area contributed by atoms with Crippen LogP contribution in [0.5, 0.6) is 5.75 Å². The highest BCUT2D eigenvalue weighted by atomic mass is 35.5. The molecule has 0 aliphatic rings. The van der Waals surface area contributed by atoms with Crippen LogP contribution in [0.25, 0.3) is 10.1 Å². The number of hydrogen-bond donors (Lipinski definition) is 0. The summed E-state index contributed by atoms with van der Waals surface area (Å²) >= 11 is 8.38. The summed E-state index contributed by atoms with van der Waals surface area (Å²) in [5, 5.41) is 1.14. The van der Waals surface area contributed by atoms with Gasteiger partial charge in [-0.2, -0.15) is 0 Å². The monoisotopic (exact) mass is 316 g/mol. The fraction of sp³-hybridized carbons (Fsp3) is 0.222. The van der Waals surface area contributed by atoms with Gasteiger partial charge in [-0.1, -0.05) is 30.3 Å². The van der Waals surface area contributed by atoms with E-state index in [2.05, 4.69) is 30.3 Å². The largest absolute Gasteiger partial charge is 0.491 e. The summed E-state index contributed by atoms with van der Waals surface area (Å²) in [7, 11) is 0. The fourth-order valence-corrected chi connectivity index (χ4v) is 3.69. The number of fused-ring (bicyclic) bond motifs is 1. The molecule has 0 bridgehead atoms. The fourth-order valence-electron chi connectivity index (χ4n) is 2.28. The van der Waals surface area contributed by atoms with E-state index in [0.29, 0.717) is 0 Å². The van der Waals surface area contributed by atoms with E-state index in [4.69, 9.17) is 16.3 Å². The maximum atomic E-state index is 6.63. The van der Waals surface area contributed by atoms with E-state index in [0.717, 1.165) is 11.3 Å². The highest BCUT2D eigenvalue weighted by molar-refractivity contribution is 7.19. The molecule has 0 saturated heterocycles. The first kappa shape index (κ1) is 14.4. The first-order chi connectivity index (χ1) is 10.1. The third-order valence-corrected chi connectivity index (χ3v) is 5.04. The summed E-state index contributed by atoms with van der Waals surface area (Å²) in [6, 6.07) is 18.6. The van der Waals surface area contributed by atoms with Crippen molar-refractivity contribution in [3.05, 3.63) is 65.0 Å². The Kier molecular flexibility index (Phi) is 4.18. The quantitative estimate of drug-likeness (QED) is 0.535. The number of ether oxygens (including phenoxy) is 1. The lowest BCUT2D eigenvalue weighted by Gasteiger charge is -2.12. The molecule has 3 heteroatoms. The number of benzene rings is 2. The maximum Gasteiger partial charge on any atom is 0.119 e. The molecule has 0 saturated carbocycles. The summed E-state index contributed by atoms with van der Waals surface area (Å²) in [5.41, 5.74) is 1.10. The number of alkyl halides is 1. The lowest BCUT2D eigenvalue weighted by atomic mass is 10.1. The Hall–Kier alpha value is -1.51. The van der Waals surface area contributed by atoms with E-state index in [1.165, 1.54) is 15.0 Å². The van der Waals surface area contributed by atoms with Gasteiger partial charge < -0.3 is 4.74 Å². The number of halogens is 1. The summed E-state index contributed by atoms with van der Waals surface area (Å²) in [6.45, 7) is 4.05. The number of hydrogen-bond acceptors (Lipinski definition) is 2. The molecule has 0 amide bonds. The van der Waals surface area contributed by atoms with Crippen LogP contribution < -0.4 is 4.74 Å². The molecule has 1 unspecified atom stereocenters. The van der Waals surface area contributed by atoms with Crippen LogP contribution in [0.15, 0.2) is 54.6 Å². The van der Waals surface area contributed by atoms with Crippen molar-refractivity contribution in [2.45, 2.75) is 25.3 Å². The van der Waals surface area contributed by atoms with Gasteiger partial charge in [-0.05, 0) is 49.1 Å². The molecule has 1 aromatic heterocycles. The average Bonchev–Trinajstić information content (AvgIpc) is 2.90. The molecule has 0 spiro atoms. The Morgan fingerprint density at radius 1 is 1.00 bits per heavy atom. The lowest BCUT2D eigenvalue weighted by molar-refractivity contribution is 0.242. The van der Waals surface area contributed by atoms with Gasteiger partial charge in [0.2, 0.25) is 0 Å². The third-order valence-electron chi connectivity index (χ3n) is 3.24. The molecule has 1 nitrogen and oxygen atoms in total. The molecule has 1 atom stereocenters. The molecule has 3 aromatic rings. The van der Waals surface area contributed by atoms with Crippen LogP contribution in [0.2, 0.25) is 0 Å². The van der Waals surface area contributed by atoms with Gasteiger partial charge in [-0.15, -0.1) is 22.9 Å². The maximum absolute atomic E-state index is 6.63. The molecule has 21 heavy (non-hydrogen) atoms. The molecule has 0 radical (unpaired) electrons. The second-order valence-electron chi connectivity index (χ2n) is 5.28. The van der Waals surface area contributed by atoms with Crippen LogP contribution in [0.1, 0.15) is 29.7 Å². The Bertz CT molecular complexity index is 697. The third kappa shape index (κ3) is 3.22. The molecule has 0 fully saturated rings. The molecule has 1 heterocycles. The smallest absolute Gasteiger partial charge is 0.119 e. The van der Waals surface area contributed by atoms with Crippen molar-refractivity contribution < 1.29 is 4.74 Å². The van der Waals surface area contributed by atoms with Crippen LogP contribution in [-0.2, 0) is 0 Å². The molecule has 3 rings (SSSR count). The number of rotatable bonds is 4. The molecule has 2 aromatic carbocycles. The highest BCUT2D eigenvalue weighted by Gasteiger charge is 2.14. The van der Waals surface area contributed by atoms with Crippen LogP contribution in [0, 0.1) is 0 Å². The molecular formula is C18H17ClOS.